The molecule has 0 amide bonds. The van der Waals surface area contributed by atoms with Gasteiger partial charge in [0.25, 0.3) is 0 Å². The maximum atomic E-state index is 11.7. The van der Waals surface area contributed by atoms with Gasteiger partial charge in [0.15, 0.2) is 5.78 Å². The molecule has 2 aliphatic rings. The molecule has 2 heteroatoms. The van der Waals surface area contributed by atoms with Gasteiger partial charge in [-0.15, -0.1) is 0 Å². The monoisotopic (exact) mass is 208 g/mol. The van der Waals surface area contributed by atoms with E-state index in [1.807, 2.05) is 13.0 Å². The number of carbonyl (C=O) groups excluding carboxylic acids is 1. The van der Waals surface area contributed by atoms with Crippen LogP contribution in [-0.4, -0.2) is 17.0 Å². The van der Waals surface area contributed by atoms with Gasteiger partial charge in [0.1, 0.15) is 0 Å². The Morgan fingerprint density at radius 3 is 2.60 bits per heavy atom. The molecule has 84 valence electrons. The van der Waals surface area contributed by atoms with Crippen molar-refractivity contribution in [1.82, 2.24) is 0 Å². The lowest BCUT2D eigenvalue weighted by molar-refractivity contribution is -0.123. The van der Waals surface area contributed by atoms with Crippen LogP contribution in [0.15, 0.2) is 12.2 Å². The molecule has 1 N–H and O–H groups in total. The number of aliphatic hydroxyl groups excluding tert-OH is 1. The van der Waals surface area contributed by atoms with Crippen LogP contribution in [0.5, 0.6) is 0 Å². The van der Waals surface area contributed by atoms with E-state index in [0.717, 1.165) is 6.42 Å². The van der Waals surface area contributed by atoms with Gasteiger partial charge in [0.05, 0.1) is 6.10 Å². The average molecular weight is 208 g/mol. The topological polar surface area (TPSA) is 37.3 Å². The lowest BCUT2D eigenvalue weighted by atomic mass is 9.62. The highest BCUT2D eigenvalue weighted by atomic mass is 16.3. The van der Waals surface area contributed by atoms with Crippen molar-refractivity contribution in [2.75, 3.05) is 0 Å². The second-order valence-electron chi connectivity index (χ2n) is 6.05. The Morgan fingerprint density at radius 1 is 1.40 bits per heavy atom. The molecule has 0 aliphatic heterocycles. The van der Waals surface area contributed by atoms with Crippen LogP contribution in [0.4, 0.5) is 0 Å². The van der Waals surface area contributed by atoms with Crippen LogP contribution >= 0.6 is 0 Å². The summed E-state index contributed by atoms with van der Waals surface area (Å²) in [6, 6.07) is 0. The summed E-state index contributed by atoms with van der Waals surface area (Å²) in [6.07, 6.45) is 4.19. The summed E-state index contributed by atoms with van der Waals surface area (Å²) in [5, 5.41) is 10.1. The van der Waals surface area contributed by atoms with Gasteiger partial charge in [-0.1, -0.05) is 33.8 Å². The predicted octanol–water partition coefficient (Wildman–Crippen LogP) is 2.17. The molecule has 0 spiro atoms. The van der Waals surface area contributed by atoms with E-state index in [2.05, 4.69) is 20.8 Å². The number of hydrogen-bond donors (Lipinski definition) is 1. The molecule has 1 unspecified atom stereocenters. The maximum absolute atomic E-state index is 11.7. The zero-order chi connectivity index (χ0) is 11.4. The molecule has 1 fully saturated rings. The first-order chi connectivity index (χ1) is 6.79. The van der Waals surface area contributed by atoms with Gasteiger partial charge in [0.2, 0.25) is 0 Å². The van der Waals surface area contributed by atoms with Crippen molar-refractivity contribution < 1.29 is 9.90 Å². The molecule has 2 rings (SSSR count). The molecule has 0 heterocycles. The Kier molecular flexibility index (Phi) is 2.13. The Bertz CT molecular complexity index is 329. The number of hydrogen-bond acceptors (Lipinski definition) is 2. The van der Waals surface area contributed by atoms with Crippen molar-refractivity contribution in [3.8, 4) is 0 Å². The third-order valence-electron chi connectivity index (χ3n) is 4.58. The standard InChI is InChI=1S/C13H20O2/c1-8-9(14)5-6-13(4)7-10(15)12(2,3)11(8)13/h5-6,8,10-11,15H,7H2,1-4H3/t8?,10-,11+,13-/m1/s1. The van der Waals surface area contributed by atoms with Crippen LogP contribution in [0.25, 0.3) is 0 Å². The van der Waals surface area contributed by atoms with Crippen LogP contribution < -0.4 is 0 Å². The molecule has 4 atom stereocenters. The largest absolute Gasteiger partial charge is 0.393 e. The summed E-state index contributed by atoms with van der Waals surface area (Å²) in [6.45, 7) is 8.32. The lowest BCUT2D eigenvalue weighted by Crippen LogP contribution is -2.41. The number of allylic oxidation sites excluding steroid dienone is 2. The molecule has 2 aliphatic carbocycles. The van der Waals surface area contributed by atoms with E-state index in [9.17, 15) is 9.90 Å². The van der Waals surface area contributed by atoms with E-state index < -0.39 is 0 Å². The summed E-state index contributed by atoms with van der Waals surface area (Å²) in [5.74, 6) is 0.504. The first-order valence-electron chi connectivity index (χ1n) is 5.70. The van der Waals surface area contributed by atoms with Crippen molar-refractivity contribution in [2.45, 2.75) is 40.2 Å². The number of carbonyl (C=O) groups is 1. The maximum Gasteiger partial charge on any atom is 0.158 e. The molecule has 0 aromatic rings. The van der Waals surface area contributed by atoms with Crippen molar-refractivity contribution in [3.63, 3.8) is 0 Å². The van der Waals surface area contributed by atoms with E-state index in [-0.39, 0.29) is 34.6 Å². The molecule has 0 radical (unpaired) electrons. The predicted molar refractivity (Wildman–Crippen MR) is 59.3 cm³/mol. The van der Waals surface area contributed by atoms with Gasteiger partial charge in [0, 0.05) is 5.92 Å². The van der Waals surface area contributed by atoms with Crippen molar-refractivity contribution in [2.24, 2.45) is 22.7 Å². The fraction of sp³-hybridized carbons (Fsp3) is 0.769. The average Bonchev–Trinajstić information content (AvgIpc) is 2.29. The Balaban J connectivity index is 2.48. The summed E-state index contributed by atoms with van der Waals surface area (Å²) in [4.78, 5) is 11.7. The Morgan fingerprint density at radius 2 is 2.00 bits per heavy atom. The van der Waals surface area contributed by atoms with Gasteiger partial charge in [-0.05, 0) is 29.2 Å². The van der Waals surface area contributed by atoms with Crippen molar-refractivity contribution >= 4 is 5.78 Å². The Hall–Kier alpha value is -0.630. The highest BCUT2D eigenvalue weighted by Crippen LogP contribution is 2.59. The fourth-order valence-corrected chi connectivity index (χ4v) is 3.84. The number of rotatable bonds is 0. The van der Waals surface area contributed by atoms with Crippen LogP contribution in [-0.2, 0) is 4.79 Å². The summed E-state index contributed by atoms with van der Waals surface area (Å²) < 4.78 is 0. The second-order valence-corrected chi connectivity index (χ2v) is 6.05. The summed E-state index contributed by atoms with van der Waals surface area (Å²) in [5.41, 5.74) is -0.162. The van der Waals surface area contributed by atoms with Gasteiger partial charge in [-0.3, -0.25) is 4.79 Å². The minimum atomic E-state index is -0.300. The highest BCUT2D eigenvalue weighted by molar-refractivity contribution is 5.93. The van der Waals surface area contributed by atoms with Crippen LogP contribution in [0.3, 0.4) is 0 Å². The quantitative estimate of drug-likeness (QED) is 0.662. The first kappa shape index (κ1) is 10.9. The summed E-state index contributed by atoms with van der Waals surface area (Å²) >= 11 is 0. The molecule has 0 bridgehead atoms. The molecule has 0 aromatic heterocycles. The zero-order valence-electron chi connectivity index (χ0n) is 9.95. The van der Waals surface area contributed by atoms with Crippen molar-refractivity contribution in [3.05, 3.63) is 12.2 Å². The molecule has 15 heavy (non-hydrogen) atoms. The normalized spacial score (nSPS) is 48.1. The van der Waals surface area contributed by atoms with E-state index in [0.29, 0.717) is 0 Å². The fourth-order valence-electron chi connectivity index (χ4n) is 3.84. The van der Waals surface area contributed by atoms with E-state index in [1.165, 1.54) is 0 Å². The second kappa shape index (κ2) is 2.94. The SMILES string of the molecule is CC1C(=O)C=C[C@]2(C)C[C@@H](O)C(C)(C)[C@H]12. The number of aliphatic hydroxyl groups is 1. The molecular weight excluding hydrogens is 188 g/mol. The molecule has 0 saturated heterocycles. The highest BCUT2D eigenvalue weighted by Gasteiger charge is 2.57. The third-order valence-corrected chi connectivity index (χ3v) is 4.58. The van der Waals surface area contributed by atoms with Gasteiger partial charge < -0.3 is 5.11 Å². The molecule has 0 aromatic carbocycles. The third kappa shape index (κ3) is 1.31. The molecule has 2 nitrogen and oxygen atoms in total. The minimum absolute atomic E-state index is 0.00373. The number of ketones is 1. The van der Waals surface area contributed by atoms with Gasteiger partial charge in [-0.25, -0.2) is 0 Å². The number of fused-ring (bicyclic) bond motifs is 1. The molecular formula is C13H20O2. The van der Waals surface area contributed by atoms with Gasteiger partial charge in [-0.2, -0.15) is 0 Å². The minimum Gasteiger partial charge on any atom is -0.393 e. The van der Waals surface area contributed by atoms with Crippen molar-refractivity contribution in [1.29, 1.82) is 0 Å². The first-order valence-corrected chi connectivity index (χ1v) is 5.70. The summed E-state index contributed by atoms with van der Waals surface area (Å²) in [7, 11) is 0. The van der Waals surface area contributed by atoms with Crippen LogP contribution in [0, 0.1) is 22.7 Å². The lowest BCUT2D eigenvalue weighted by Gasteiger charge is -2.41. The smallest absolute Gasteiger partial charge is 0.158 e. The molecule has 1 saturated carbocycles. The van der Waals surface area contributed by atoms with Crippen LogP contribution in [0.2, 0.25) is 0 Å². The zero-order valence-corrected chi connectivity index (χ0v) is 9.95. The van der Waals surface area contributed by atoms with E-state index in [4.69, 9.17) is 0 Å². The van der Waals surface area contributed by atoms with E-state index >= 15 is 0 Å². The van der Waals surface area contributed by atoms with E-state index in [1.54, 1.807) is 6.08 Å². The van der Waals surface area contributed by atoms with Crippen LogP contribution in [0.1, 0.15) is 34.1 Å². The Labute approximate surface area is 91.4 Å². The van der Waals surface area contributed by atoms with Gasteiger partial charge >= 0.3 is 0 Å².